The van der Waals surface area contributed by atoms with Crippen molar-refractivity contribution in [1.29, 1.82) is 0 Å². The van der Waals surface area contributed by atoms with Crippen LogP contribution >= 0.6 is 34.7 Å². The molecule has 1 aromatic heterocycles. The third-order valence-electron chi connectivity index (χ3n) is 1.75. The number of nitrogens with zero attached hydrogens (tertiary/aromatic N) is 2. The van der Waals surface area contributed by atoms with Gasteiger partial charge in [-0.05, 0) is 24.0 Å². The van der Waals surface area contributed by atoms with Crippen LogP contribution < -0.4 is 5.32 Å². The van der Waals surface area contributed by atoms with Crippen LogP contribution in [-0.2, 0) is 0 Å². The van der Waals surface area contributed by atoms with Crippen molar-refractivity contribution in [2.75, 3.05) is 11.1 Å². The van der Waals surface area contributed by atoms with Crippen LogP contribution in [0.15, 0.2) is 28.6 Å². The predicted molar refractivity (Wildman–Crippen MR) is 71.0 cm³/mol. The molecule has 84 valence electrons. The molecule has 0 bridgehead atoms. The Labute approximate surface area is 107 Å². The zero-order valence-corrected chi connectivity index (χ0v) is 11.0. The summed E-state index contributed by atoms with van der Waals surface area (Å²) in [4.78, 5) is 0. The van der Waals surface area contributed by atoms with Crippen molar-refractivity contribution >= 4 is 45.5 Å². The Hall–Kier alpha value is -0.780. The summed E-state index contributed by atoms with van der Waals surface area (Å²) < 4.78 is 0.979. The normalized spacial score (nSPS) is 10.4. The molecule has 0 aliphatic heterocycles. The van der Waals surface area contributed by atoms with Gasteiger partial charge in [0.05, 0.1) is 0 Å². The van der Waals surface area contributed by atoms with E-state index in [0.717, 1.165) is 20.9 Å². The first kappa shape index (κ1) is 11.7. The number of anilines is 2. The average Bonchev–Trinajstić information content (AvgIpc) is 2.66. The van der Waals surface area contributed by atoms with Crippen molar-refractivity contribution < 1.29 is 0 Å². The van der Waals surface area contributed by atoms with E-state index in [9.17, 15) is 0 Å². The highest BCUT2D eigenvalue weighted by Crippen LogP contribution is 2.27. The molecule has 0 unspecified atom stereocenters. The number of aromatic nitrogens is 2. The quantitative estimate of drug-likeness (QED) is 0.852. The second-order valence-corrected chi connectivity index (χ2v) is 5.87. The highest BCUT2D eigenvalue weighted by Gasteiger charge is 2.03. The molecule has 1 aromatic carbocycles. The molecule has 1 N–H and O–H groups in total. The maximum absolute atomic E-state index is 5.89. The van der Waals surface area contributed by atoms with Crippen LogP contribution in [0, 0.1) is 0 Å². The van der Waals surface area contributed by atoms with Gasteiger partial charge in [0, 0.05) is 10.7 Å². The molecule has 0 aliphatic rings. The van der Waals surface area contributed by atoms with Crippen molar-refractivity contribution in [2.45, 2.75) is 11.3 Å². The SMILES string of the molecule is CCSc1nnc(Nc2cccc(Cl)c2)s1. The van der Waals surface area contributed by atoms with Crippen LogP contribution in [0.3, 0.4) is 0 Å². The maximum Gasteiger partial charge on any atom is 0.210 e. The zero-order chi connectivity index (χ0) is 11.4. The summed E-state index contributed by atoms with van der Waals surface area (Å²) in [5, 5.41) is 12.8. The Morgan fingerprint density at radius 3 is 3.06 bits per heavy atom. The van der Waals surface area contributed by atoms with Gasteiger partial charge in [0.2, 0.25) is 5.13 Å². The highest BCUT2D eigenvalue weighted by atomic mass is 35.5. The van der Waals surface area contributed by atoms with E-state index < -0.39 is 0 Å². The first-order valence-electron chi connectivity index (χ1n) is 4.77. The lowest BCUT2D eigenvalue weighted by Crippen LogP contribution is -1.88. The Balaban J connectivity index is 2.08. The van der Waals surface area contributed by atoms with Crippen LogP contribution in [-0.4, -0.2) is 16.0 Å². The molecule has 0 spiro atoms. The first-order valence-corrected chi connectivity index (χ1v) is 6.95. The van der Waals surface area contributed by atoms with Gasteiger partial charge < -0.3 is 5.32 Å². The smallest absolute Gasteiger partial charge is 0.210 e. The molecule has 1 heterocycles. The molecular formula is C10H10ClN3S2. The summed E-state index contributed by atoms with van der Waals surface area (Å²) in [7, 11) is 0. The maximum atomic E-state index is 5.89. The van der Waals surface area contributed by atoms with Gasteiger partial charge in [-0.15, -0.1) is 10.2 Å². The lowest BCUT2D eigenvalue weighted by atomic mass is 10.3. The molecule has 3 nitrogen and oxygen atoms in total. The number of rotatable bonds is 4. The van der Waals surface area contributed by atoms with Gasteiger partial charge in [0.15, 0.2) is 4.34 Å². The van der Waals surface area contributed by atoms with Gasteiger partial charge in [-0.2, -0.15) is 0 Å². The molecule has 0 saturated heterocycles. The molecule has 16 heavy (non-hydrogen) atoms. The highest BCUT2D eigenvalue weighted by molar-refractivity contribution is 8.01. The van der Waals surface area contributed by atoms with Crippen LogP contribution in [0.1, 0.15) is 6.92 Å². The summed E-state index contributed by atoms with van der Waals surface area (Å²) in [5.74, 6) is 1.01. The molecule has 6 heteroatoms. The van der Waals surface area contributed by atoms with Gasteiger partial charge in [-0.25, -0.2) is 0 Å². The van der Waals surface area contributed by atoms with E-state index in [0.29, 0.717) is 5.02 Å². The van der Waals surface area contributed by atoms with Crippen molar-refractivity contribution in [3.63, 3.8) is 0 Å². The molecule has 0 radical (unpaired) electrons. The van der Waals surface area contributed by atoms with Crippen LogP contribution in [0.4, 0.5) is 10.8 Å². The standard InChI is InChI=1S/C10H10ClN3S2/c1-2-15-10-14-13-9(16-10)12-8-5-3-4-7(11)6-8/h3-6H,2H2,1H3,(H,12,13). The summed E-state index contributed by atoms with van der Waals surface area (Å²) in [6.07, 6.45) is 0. The fourth-order valence-electron chi connectivity index (χ4n) is 1.13. The molecule has 2 aromatic rings. The molecule has 0 atom stereocenters. The van der Waals surface area contributed by atoms with E-state index in [4.69, 9.17) is 11.6 Å². The minimum absolute atomic E-state index is 0.706. The summed E-state index contributed by atoms with van der Waals surface area (Å²) in [6.45, 7) is 2.09. The van der Waals surface area contributed by atoms with Crippen molar-refractivity contribution in [2.24, 2.45) is 0 Å². The lowest BCUT2D eigenvalue weighted by Gasteiger charge is -2.00. The number of hydrogen-bond acceptors (Lipinski definition) is 5. The van der Waals surface area contributed by atoms with Crippen LogP contribution in [0.5, 0.6) is 0 Å². The minimum atomic E-state index is 0.706. The van der Waals surface area contributed by atoms with E-state index in [1.807, 2.05) is 24.3 Å². The Kier molecular flexibility index (Phi) is 4.04. The fraction of sp³-hybridized carbons (Fsp3) is 0.200. The average molecular weight is 272 g/mol. The minimum Gasteiger partial charge on any atom is -0.330 e. The second-order valence-electron chi connectivity index (χ2n) is 2.94. The molecular weight excluding hydrogens is 262 g/mol. The van der Waals surface area contributed by atoms with E-state index in [2.05, 4.69) is 22.4 Å². The lowest BCUT2D eigenvalue weighted by molar-refractivity contribution is 1.01. The van der Waals surface area contributed by atoms with Crippen LogP contribution in [0.25, 0.3) is 0 Å². The van der Waals surface area contributed by atoms with Gasteiger partial charge in [-0.3, -0.25) is 0 Å². The number of nitrogens with one attached hydrogen (secondary N) is 1. The summed E-state index contributed by atoms with van der Waals surface area (Å²) >= 11 is 9.12. The van der Waals surface area contributed by atoms with Gasteiger partial charge in [0.1, 0.15) is 0 Å². The van der Waals surface area contributed by atoms with Gasteiger partial charge >= 0.3 is 0 Å². The topological polar surface area (TPSA) is 37.8 Å². The Morgan fingerprint density at radius 2 is 2.31 bits per heavy atom. The van der Waals surface area contributed by atoms with Crippen molar-refractivity contribution in [3.8, 4) is 0 Å². The number of thioether (sulfide) groups is 1. The summed E-state index contributed by atoms with van der Waals surface area (Å²) in [6, 6.07) is 7.54. The molecule has 0 amide bonds. The Bertz CT molecular complexity index is 473. The van der Waals surface area contributed by atoms with Crippen molar-refractivity contribution in [3.05, 3.63) is 29.3 Å². The predicted octanol–water partition coefficient (Wildman–Crippen LogP) is 4.05. The molecule has 0 fully saturated rings. The first-order chi connectivity index (χ1) is 7.78. The van der Waals surface area contributed by atoms with E-state index in [1.165, 1.54) is 0 Å². The van der Waals surface area contributed by atoms with E-state index in [1.54, 1.807) is 23.1 Å². The fourth-order valence-corrected chi connectivity index (χ4v) is 2.99. The van der Waals surface area contributed by atoms with Crippen LogP contribution in [0.2, 0.25) is 5.02 Å². The largest absolute Gasteiger partial charge is 0.330 e. The third kappa shape index (κ3) is 3.10. The Morgan fingerprint density at radius 1 is 1.44 bits per heavy atom. The second kappa shape index (κ2) is 5.52. The monoisotopic (exact) mass is 271 g/mol. The number of halogens is 1. The molecule has 2 rings (SSSR count). The van der Waals surface area contributed by atoms with E-state index in [-0.39, 0.29) is 0 Å². The van der Waals surface area contributed by atoms with Crippen molar-refractivity contribution in [1.82, 2.24) is 10.2 Å². The summed E-state index contributed by atoms with van der Waals surface area (Å²) in [5.41, 5.74) is 0.927. The number of benzene rings is 1. The van der Waals surface area contributed by atoms with Gasteiger partial charge in [-0.1, -0.05) is 47.7 Å². The van der Waals surface area contributed by atoms with E-state index >= 15 is 0 Å². The third-order valence-corrected chi connectivity index (χ3v) is 3.84. The van der Waals surface area contributed by atoms with Gasteiger partial charge in [0.25, 0.3) is 0 Å². The molecule has 0 aliphatic carbocycles. The zero-order valence-electron chi connectivity index (χ0n) is 8.61. The molecule has 0 saturated carbocycles. The number of hydrogen-bond donors (Lipinski definition) is 1.